The number of hydrogen-bond donors (Lipinski definition) is 1. The van der Waals surface area contributed by atoms with Gasteiger partial charge in [0.2, 0.25) is 15.9 Å². The standard InChI is InChI=1S/C13H21N5O3S/c1-7(2)11(13-14-10(5)16-21-13)17-22(19,20)12-8(3)15-18(6)9(12)4/h7,11,17H,1-6H3/t11-/m0/s1. The van der Waals surface area contributed by atoms with Gasteiger partial charge < -0.3 is 4.52 Å². The smallest absolute Gasteiger partial charge is 0.245 e. The minimum Gasteiger partial charge on any atom is -0.338 e. The van der Waals surface area contributed by atoms with E-state index in [1.54, 1.807) is 32.5 Å². The number of rotatable bonds is 5. The van der Waals surface area contributed by atoms with Gasteiger partial charge >= 0.3 is 0 Å². The average Bonchev–Trinajstić information content (AvgIpc) is 2.91. The summed E-state index contributed by atoms with van der Waals surface area (Å²) in [4.78, 5) is 4.33. The predicted octanol–water partition coefficient (Wildman–Crippen LogP) is 1.40. The quantitative estimate of drug-likeness (QED) is 0.890. The highest BCUT2D eigenvalue weighted by Crippen LogP contribution is 2.25. The molecule has 0 aliphatic carbocycles. The fraction of sp³-hybridized carbons (Fsp3) is 0.615. The molecule has 0 saturated heterocycles. The molecular formula is C13H21N5O3S. The highest BCUT2D eigenvalue weighted by molar-refractivity contribution is 7.89. The Morgan fingerprint density at radius 3 is 2.27 bits per heavy atom. The zero-order chi connectivity index (χ0) is 16.7. The zero-order valence-electron chi connectivity index (χ0n) is 13.6. The molecule has 9 heteroatoms. The van der Waals surface area contributed by atoms with Crippen molar-refractivity contribution in [1.29, 1.82) is 0 Å². The van der Waals surface area contributed by atoms with Crippen molar-refractivity contribution in [3.8, 4) is 0 Å². The van der Waals surface area contributed by atoms with E-state index in [1.165, 1.54) is 0 Å². The first-order valence-electron chi connectivity index (χ1n) is 6.96. The molecule has 1 atom stereocenters. The number of hydrogen-bond acceptors (Lipinski definition) is 6. The van der Waals surface area contributed by atoms with Gasteiger partial charge in [-0.1, -0.05) is 19.0 Å². The van der Waals surface area contributed by atoms with E-state index in [0.717, 1.165) is 0 Å². The fourth-order valence-corrected chi connectivity index (χ4v) is 4.06. The van der Waals surface area contributed by atoms with Crippen LogP contribution in [-0.2, 0) is 17.1 Å². The highest BCUT2D eigenvalue weighted by Gasteiger charge is 2.31. The maximum atomic E-state index is 12.7. The second kappa shape index (κ2) is 5.81. The van der Waals surface area contributed by atoms with Crippen LogP contribution in [0.1, 0.15) is 43.0 Å². The summed E-state index contributed by atoms with van der Waals surface area (Å²) in [6.07, 6.45) is 0. The molecule has 0 spiro atoms. The lowest BCUT2D eigenvalue weighted by Gasteiger charge is -2.18. The molecule has 0 fully saturated rings. The Labute approximate surface area is 130 Å². The second-order valence-corrected chi connectivity index (χ2v) is 7.30. The molecule has 8 nitrogen and oxygen atoms in total. The molecule has 0 unspecified atom stereocenters. The van der Waals surface area contributed by atoms with E-state index in [2.05, 4.69) is 20.0 Å². The molecule has 2 heterocycles. The van der Waals surface area contributed by atoms with Crippen molar-refractivity contribution in [1.82, 2.24) is 24.6 Å². The van der Waals surface area contributed by atoms with Crippen LogP contribution in [-0.4, -0.2) is 28.3 Å². The Balaban J connectivity index is 2.41. The lowest BCUT2D eigenvalue weighted by Crippen LogP contribution is -2.32. The normalized spacial score (nSPS) is 13.8. The van der Waals surface area contributed by atoms with Gasteiger partial charge in [0.05, 0.1) is 11.4 Å². The first-order chi connectivity index (χ1) is 10.1. The van der Waals surface area contributed by atoms with Crippen LogP contribution in [0.15, 0.2) is 9.42 Å². The van der Waals surface area contributed by atoms with Crippen molar-refractivity contribution < 1.29 is 12.9 Å². The number of nitrogens with zero attached hydrogens (tertiary/aromatic N) is 4. The molecule has 1 N–H and O–H groups in total. The molecule has 0 saturated carbocycles. The predicted molar refractivity (Wildman–Crippen MR) is 79.6 cm³/mol. The van der Waals surface area contributed by atoms with Gasteiger partial charge in [-0.15, -0.1) is 0 Å². The molecule has 0 aromatic carbocycles. The molecule has 2 rings (SSSR count). The summed E-state index contributed by atoms with van der Waals surface area (Å²) in [7, 11) is -2.03. The van der Waals surface area contributed by atoms with Crippen LogP contribution in [0, 0.1) is 26.7 Å². The topological polar surface area (TPSA) is 103 Å². The van der Waals surface area contributed by atoms with Gasteiger partial charge in [0.25, 0.3) is 0 Å². The van der Waals surface area contributed by atoms with Crippen molar-refractivity contribution in [2.75, 3.05) is 0 Å². The summed E-state index contributed by atoms with van der Waals surface area (Å²) in [6.45, 7) is 8.85. The first kappa shape index (κ1) is 16.6. The van der Waals surface area contributed by atoms with Crippen molar-refractivity contribution in [3.63, 3.8) is 0 Å². The lowest BCUT2D eigenvalue weighted by atomic mass is 10.1. The first-order valence-corrected chi connectivity index (χ1v) is 8.44. The van der Waals surface area contributed by atoms with Gasteiger partial charge in [-0.25, -0.2) is 8.42 Å². The van der Waals surface area contributed by atoms with E-state index in [9.17, 15) is 8.42 Å². The van der Waals surface area contributed by atoms with Crippen LogP contribution in [0.3, 0.4) is 0 Å². The second-order valence-electron chi connectivity index (χ2n) is 5.65. The number of aromatic nitrogens is 4. The summed E-state index contributed by atoms with van der Waals surface area (Å²) in [5, 5.41) is 7.88. The Morgan fingerprint density at radius 1 is 1.23 bits per heavy atom. The molecule has 0 aliphatic heterocycles. The number of nitrogens with one attached hydrogen (secondary N) is 1. The Hall–Kier alpha value is -1.74. The summed E-state index contributed by atoms with van der Waals surface area (Å²) in [5.74, 6) is 0.677. The molecule has 0 aliphatic rings. The summed E-state index contributed by atoms with van der Waals surface area (Å²) >= 11 is 0. The third kappa shape index (κ3) is 3.05. The molecule has 22 heavy (non-hydrogen) atoms. The van der Waals surface area contributed by atoms with Crippen LogP contribution in [0.5, 0.6) is 0 Å². The van der Waals surface area contributed by atoms with Gasteiger partial charge in [0.15, 0.2) is 5.82 Å². The summed E-state index contributed by atoms with van der Waals surface area (Å²) in [6, 6.07) is -0.592. The van der Waals surface area contributed by atoms with Crippen LogP contribution >= 0.6 is 0 Å². The van der Waals surface area contributed by atoms with E-state index in [4.69, 9.17) is 4.52 Å². The van der Waals surface area contributed by atoms with Crippen LogP contribution < -0.4 is 4.72 Å². The minimum atomic E-state index is -3.75. The van der Waals surface area contributed by atoms with E-state index < -0.39 is 16.1 Å². The zero-order valence-corrected chi connectivity index (χ0v) is 14.4. The van der Waals surface area contributed by atoms with Gasteiger partial charge in [-0.2, -0.15) is 14.8 Å². The van der Waals surface area contributed by atoms with Gasteiger partial charge in [-0.3, -0.25) is 4.68 Å². The minimum absolute atomic E-state index is 0.0492. The van der Waals surface area contributed by atoms with Crippen molar-refractivity contribution in [2.24, 2.45) is 13.0 Å². The van der Waals surface area contributed by atoms with Crippen molar-refractivity contribution >= 4 is 10.0 Å². The maximum Gasteiger partial charge on any atom is 0.245 e. The molecular weight excluding hydrogens is 306 g/mol. The summed E-state index contributed by atoms with van der Waals surface area (Å²) in [5.41, 5.74) is 1.03. The third-order valence-electron chi connectivity index (χ3n) is 3.47. The molecule has 0 amide bonds. The van der Waals surface area contributed by atoms with E-state index in [-0.39, 0.29) is 16.7 Å². The van der Waals surface area contributed by atoms with Crippen molar-refractivity contribution in [2.45, 2.75) is 45.6 Å². The largest absolute Gasteiger partial charge is 0.338 e. The highest BCUT2D eigenvalue weighted by atomic mass is 32.2. The van der Waals surface area contributed by atoms with E-state index >= 15 is 0 Å². The summed E-state index contributed by atoms with van der Waals surface area (Å²) < 4.78 is 34.8. The van der Waals surface area contributed by atoms with E-state index in [1.807, 2.05) is 13.8 Å². The van der Waals surface area contributed by atoms with Crippen LogP contribution in [0.25, 0.3) is 0 Å². The Kier molecular flexibility index (Phi) is 4.39. The molecule has 0 radical (unpaired) electrons. The molecule has 0 bridgehead atoms. The monoisotopic (exact) mass is 327 g/mol. The third-order valence-corrected chi connectivity index (χ3v) is 5.16. The number of aryl methyl sites for hydroxylation is 3. The van der Waals surface area contributed by atoms with Crippen molar-refractivity contribution in [3.05, 3.63) is 23.1 Å². The molecule has 2 aromatic rings. The van der Waals surface area contributed by atoms with E-state index in [0.29, 0.717) is 17.2 Å². The van der Waals surface area contributed by atoms with Crippen LogP contribution in [0.2, 0.25) is 0 Å². The maximum absolute atomic E-state index is 12.7. The average molecular weight is 327 g/mol. The molecule has 2 aromatic heterocycles. The number of sulfonamides is 1. The Morgan fingerprint density at radius 2 is 1.86 bits per heavy atom. The van der Waals surface area contributed by atoms with Gasteiger partial charge in [0.1, 0.15) is 10.9 Å². The van der Waals surface area contributed by atoms with Crippen LogP contribution in [0.4, 0.5) is 0 Å². The lowest BCUT2D eigenvalue weighted by molar-refractivity contribution is 0.309. The van der Waals surface area contributed by atoms with Gasteiger partial charge in [0, 0.05) is 7.05 Å². The fourth-order valence-electron chi connectivity index (χ4n) is 2.28. The Bertz CT molecular complexity index is 776. The van der Waals surface area contributed by atoms with Gasteiger partial charge in [-0.05, 0) is 26.7 Å². The molecule has 122 valence electrons. The SMILES string of the molecule is Cc1noc([C@@H](NS(=O)(=O)c2c(C)nn(C)c2C)C(C)C)n1.